The number of rotatable bonds is 6. The summed E-state index contributed by atoms with van der Waals surface area (Å²) in [6.07, 6.45) is 3.04. The lowest BCUT2D eigenvalue weighted by Gasteiger charge is -2.41. The van der Waals surface area contributed by atoms with Crippen molar-refractivity contribution in [3.8, 4) is 12.1 Å². The van der Waals surface area contributed by atoms with Crippen molar-refractivity contribution in [2.24, 2.45) is 5.92 Å². The average molecular weight is 343 g/mol. The summed E-state index contributed by atoms with van der Waals surface area (Å²) in [4.78, 5) is 2.48. The van der Waals surface area contributed by atoms with Crippen LogP contribution in [0.5, 0.6) is 0 Å². The molecule has 0 N–H and O–H groups in total. The standard InChI is InChI=1S/C23H25N3/c24-15-7-14-23(19-25,21-10-5-2-6-11-21)22-12-16-26(17-13-22)18-20-8-3-1-4-9-20/h1-6,8-11,22H,7,12-14,16-18H2/t23-/m1/s1. The van der Waals surface area contributed by atoms with Gasteiger partial charge < -0.3 is 0 Å². The second-order valence-electron chi connectivity index (χ2n) is 7.14. The normalized spacial score (nSPS) is 17.8. The third kappa shape index (κ3) is 3.96. The number of piperidine rings is 1. The maximum atomic E-state index is 10.1. The van der Waals surface area contributed by atoms with Crippen molar-refractivity contribution >= 4 is 0 Å². The molecule has 1 saturated heterocycles. The quantitative estimate of drug-likeness (QED) is 0.766. The van der Waals surface area contributed by atoms with E-state index in [4.69, 9.17) is 5.26 Å². The molecule has 1 fully saturated rings. The summed E-state index contributed by atoms with van der Waals surface area (Å²) in [5.41, 5.74) is 1.86. The lowest BCUT2D eigenvalue weighted by Crippen LogP contribution is -2.42. The second kappa shape index (κ2) is 8.65. The van der Waals surface area contributed by atoms with E-state index in [0.29, 0.717) is 18.8 Å². The van der Waals surface area contributed by atoms with Crippen LogP contribution < -0.4 is 0 Å². The molecular weight excluding hydrogens is 318 g/mol. The lowest BCUT2D eigenvalue weighted by atomic mass is 9.65. The first-order valence-corrected chi connectivity index (χ1v) is 9.38. The molecule has 1 aliphatic rings. The van der Waals surface area contributed by atoms with Gasteiger partial charge in [-0.05, 0) is 49.4 Å². The largest absolute Gasteiger partial charge is 0.299 e. The summed E-state index contributed by atoms with van der Waals surface area (Å²) in [7, 11) is 0. The molecular formula is C23H25N3. The number of nitrogens with zero attached hydrogens (tertiary/aromatic N) is 3. The third-order valence-electron chi connectivity index (χ3n) is 5.65. The number of likely N-dealkylation sites (tertiary alicyclic amines) is 1. The van der Waals surface area contributed by atoms with Gasteiger partial charge in [0.25, 0.3) is 0 Å². The Morgan fingerprint density at radius 1 is 0.923 bits per heavy atom. The van der Waals surface area contributed by atoms with Gasteiger partial charge in [0.05, 0.1) is 17.6 Å². The van der Waals surface area contributed by atoms with Crippen LogP contribution in [0.15, 0.2) is 60.7 Å². The van der Waals surface area contributed by atoms with Gasteiger partial charge in [-0.25, -0.2) is 0 Å². The molecule has 0 saturated carbocycles. The summed E-state index contributed by atoms with van der Waals surface area (Å²) in [5, 5.41) is 19.2. The van der Waals surface area contributed by atoms with E-state index >= 15 is 0 Å². The Morgan fingerprint density at radius 2 is 1.54 bits per heavy atom. The highest BCUT2D eigenvalue weighted by atomic mass is 15.1. The van der Waals surface area contributed by atoms with Crippen LogP contribution in [0.2, 0.25) is 0 Å². The second-order valence-corrected chi connectivity index (χ2v) is 7.14. The topological polar surface area (TPSA) is 50.8 Å². The highest BCUT2D eigenvalue weighted by Crippen LogP contribution is 2.42. The van der Waals surface area contributed by atoms with E-state index in [9.17, 15) is 5.26 Å². The van der Waals surface area contributed by atoms with Gasteiger partial charge in [-0.2, -0.15) is 10.5 Å². The molecule has 0 amide bonds. The molecule has 3 rings (SSSR count). The zero-order chi connectivity index (χ0) is 18.2. The van der Waals surface area contributed by atoms with Gasteiger partial charge in [-0.1, -0.05) is 60.7 Å². The van der Waals surface area contributed by atoms with Gasteiger partial charge in [0, 0.05) is 13.0 Å². The van der Waals surface area contributed by atoms with Crippen LogP contribution in [-0.4, -0.2) is 18.0 Å². The summed E-state index contributed by atoms with van der Waals surface area (Å²) in [6, 6.07) is 25.5. The van der Waals surface area contributed by atoms with Crippen LogP contribution in [0.3, 0.4) is 0 Å². The van der Waals surface area contributed by atoms with Gasteiger partial charge >= 0.3 is 0 Å². The Bertz CT molecular complexity index is 765. The minimum Gasteiger partial charge on any atom is -0.299 e. The molecule has 2 aromatic carbocycles. The Kier molecular flexibility index (Phi) is 6.05. The van der Waals surface area contributed by atoms with Crippen molar-refractivity contribution in [2.75, 3.05) is 13.1 Å². The predicted molar refractivity (Wildman–Crippen MR) is 103 cm³/mol. The molecule has 0 radical (unpaired) electrons. The Balaban J connectivity index is 1.73. The van der Waals surface area contributed by atoms with Crippen molar-refractivity contribution in [2.45, 2.75) is 37.6 Å². The van der Waals surface area contributed by atoms with Crippen LogP contribution in [0.4, 0.5) is 0 Å². The van der Waals surface area contributed by atoms with Crippen LogP contribution in [0, 0.1) is 28.6 Å². The van der Waals surface area contributed by atoms with Gasteiger partial charge in [-0.3, -0.25) is 4.90 Å². The molecule has 3 nitrogen and oxygen atoms in total. The SMILES string of the molecule is N#CCC[C@@](C#N)(c1ccccc1)C1CCN(Cc2ccccc2)CC1. The summed E-state index contributed by atoms with van der Waals surface area (Å²) >= 11 is 0. The van der Waals surface area contributed by atoms with E-state index in [-0.39, 0.29) is 0 Å². The molecule has 132 valence electrons. The van der Waals surface area contributed by atoms with Crippen molar-refractivity contribution in [3.63, 3.8) is 0 Å². The van der Waals surface area contributed by atoms with Crippen molar-refractivity contribution in [1.29, 1.82) is 10.5 Å². The monoisotopic (exact) mass is 343 g/mol. The molecule has 1 atom stereocenters. The van der Waals surface area contributed by atoms with Crippen molar-refractivity contribution in [3.05, 3.63) is 71.8 Å². The van der Waals surface area contributed by atoms with E-state index in [1.807, 2.05) is 24.3 Å². The highest BCUT2D eigenvalue weighted by molar-refractivity contribution is 5.34. The smallest absolute Gasteiger partial charge is 0.0861 e. The molecule has 1 heterocycles. The molecule has 3 heteroatoms. The minimum atomic E-state index is -0.546. The van der Waals surface area contributed by atoms with Crippen LogP contribution in [0.25, 0.3) is 0 Å². The van der Waals surface area contributed by atoms with Crippen LogP contribution in [-0.2, 0) is 12.0 Å². The van der Waals surface area contributed by atoms with E-state index in [2.05, 4.69) is 53.4 Å². The van der Waals surface area contributed by atoms with Crippen LogP contribution >= 0.6 is 0 Å². The number of nitriles is 2. The summed E-state index contributed by atoms with van der Waals surface area (Å²) in [5.74, 6) is 0.301. The molecule has 2 aromatic rings. The first-order valence-electron chi connectivity index (χ1n) is 9.38. The fraction of sp³-hybridized carbons (Fsp3) is 0.391. The van der Waals surface area contributed by atoms with Crippen LogP contribution in [0.1, 0.15) is 36.8 Å². The molecule has 1 aliphatic heterocycles. The Morgan fingerprint density at radius 3 is 2.12 bits per heavy atom. The Labute approximate surface area is 156 Å². The molecule has 0 unspecified atom stereocenters. The molecule has 0 spiro atoms. The fourth-order valence-electron chi connectivity index (χ4n) is 4.21. The summed E-state index contributed by atoms with van der Waals surface area (Å²) in [6.45, 7) is 2.97. The first kappa shape index (κ1) is 18.2. The summed E-state index contributed by atoms with van der Waals surface area (Å²) < 4.78 is 0. The zero-order valence-corrected chi connectivity index (χ0v) is 15.1. The van der Waals surface area contributed by atoms with Crippen molar-refractivity contribution < 1.29 is 0 Å². The predicted octanol–water partition coefficient (Wildman–Crippen LogP) is 4.66. The lowest BCUT2D eigenvalue weighted by molar-refractivity contribution is 0.138. The molecule has 0 aromatic heterocycles. The van der Waals surface area contributed by atoms with Gasteiger partial charge in [0.2, 0.25) is 0 Å². The van der Waals surface area contributed by atoms with E-state index in [1.54, 1.807) is 0 Å². The minimum absolute atomic E-state index is 0.301. The third-order valence-corrected chi connectivity index (χ3v) is 5.65. The number of hydrogen-bond acceptors (Lipinski definition) is 3. The average Bonchev–Trinajstić information content (AvgIpc) is 2.71. The maximum Gasteiger partial charge on any atom is 0.0861 e. The molecule has 0 aliphatic carbocycles. The molecule has 0 bridgehead atoms. The van der Waals surface area contributed by atoms with Crippen molar-refractivity contribution in [1.82, 2.24) is 4.90 Å². The molecule has 26 heavy (non-hydrogen) atoms. The maximum absolute atomic E-state index is 10.1. The van der Waals surface area contributed by atoms with Gasteiger partial charge in [-0.15, -0.1) is 0 Å². The Hall–Kier alpha value is -2.62. The van der Waals surface area contributed by atoms with E-state index < -0.39 is 5.41 Å². The van der Waals surface area contributed by atoms with Gasteiger partial charge in [0.15, 0.2) is 0 Å². The van der Waals surface area contributed by atoms with Gasteiger partial charge in [0.1, 0.15) is 0 Å². The zero-order valence-electron chi connectivity index (χ0n) is 15.1. The number of benzene rings is 2. The fourth-order valence-corrected chi connectivity index (χ4v) is 4.21. The van der Waals surface area contributed by atoms with E-state index in [1.165, 1.54) is 5.56 Å². The first-order chi connectivity index (χ1) is 12.8. The highest BCUT2D eigenvalue weighted by Gasteiger charge is 2.41. The van der Waals surface area contributed by atoms with E-state index in [0.717, 1.165) is 38.0 Å². The number of hydrogen-bond donors (Lipinski definition) is 0.